The predicted molar refractivity (Wildman–Crippen MR) is 112 cm³/mol. The zero-order valence-electron chi connectivity index (χ0n) is 16.7. The number of likely N-dealkylation sites (N-methyl/N-ethyl adjacent to an activating group) is 1. The molecule has 2 aromatic carbocycles. The summed E-state index contributed by atoms with van der Waals surface area (Å²) >= 11 is 0. The Morgan fingerprint density at radius 2 is 1.69 bits per heavy atom. The molecule has 0 unspecified atom stereocenters. The molecular weight excluding hydrogens is 393 g/mol. The van der Waals surface area contributed by atoms with Gasteiger partial charge in [-0.25, -0.2) is 12.8 Å². The van der Waals surface area contributed by atoms with Crippen molar-refractivity contribution in [2.75, 3.05) is 43.8 Å². The maximum atomic E-state index is 13.2. The van der Waals surface area contributed by atoms with Crippen molar-refractivity contribution < 1.29 is 17.6 Å². The molecule has 1 aliphatic heterocycles. The van der Waals surface area contributed by atoms with E-state index in [4.69, 9.17) is 0 Å². The van der Waals surface area contributed by atoms with Gasteiger partial charge < -0.3 is 9.80 Å². The van der Waals surface area contributed by atoms with Gasteiger partial charge in [0.2, 0.25) is 10.0 Å². The zero-order chi connectivity index (χ0) is 21.0. The van der Waals surface area contributed by atoms with Crippen LogP contribution >= 0.6 is 0 Å². The maximum absolute atomic E-state index is 13.2. The summed E-state index contributed by atoms with van der Waals surface area (Å²) in [6, 6.07) is 12.8. The van der Waals surface area contributed by atoms with Gasteiger partial charge in [-0.2, -0.15) is 0 Å². The molecule has 0 aromatic heterocycles. The molecule has 0 aliphatic carbocycles. The number of carbonyl (C=O) groups is 1. The Kier molecular flexibility index (Phi) is 6.54. The molecule has 0 radical (unpaired) electrons. The van der Waals surface area contributed by atoms with Crippen LogP contribution in [0.25, 0.3) is 0 Å². The van der Waals surface area contributed by atoms with E-state index in [-0.39, 0.29) is 17.5 Å². The summed E-state index contributed by atoms with van der Waals surface area (Å²) in [4.78, 5) is 16.8. The van der Waals surface area contributed by atoms with Crippen LogP contribution in [0.2, 0.25) is 0 Å². The number of halogens is 1. The number of hydrogen-bond acceptors (Lipinski definition) is 4. The molecule has 3 rings (SSSR count). The van der Waals surface area contributed by atoms with E-state index >= 15 is 0 Å². The van der Waals surface area contributed by atoms with Crippen molar-refractivity contribution in [3.05, 3.63) is 65.5 Å². The number of nitrogens with zero attached hydrogens (tertiary/aromatic N) is 3. The molecule has 1 amide bonds. The van der Waals surface area contributed by atoms with Gasteiger partial charge in [0.05, 0.1) is 11.4 Å². The molecule has 0 atom stereocenters. The number of anilines is 1. The topological polar surface area (TPSA) is 60.9 Å². The van der Waals surface area contributed by atoms with E-state index in [2.05, 4.69) is 0 Å². The van der Waals surface area contributed by atoms with E-state index in [1.165, 1.54) is 16.4 Å². The van der Waals surface area contributed by atoms with Gasteiger partial charge in [0.25, 0.3) is 5.91 Å². The van der Waals surface area contributed by atoms with E-state index in [1.807, 2.05) is 19.0 Å². The molecular formula is C21H26FN3O3S. The molecule has 8 heteroatoms. The summed E-state index contributed by atoms with van der Waals surface area (Å²) in [5.41, 5.74) is 1.92. The highest BCUT2D eigenvalue weighted by Gasteiger charge is 2.28. The summed E-state index contributed by atoms with van der Waals surface area (Å²) in [7, 11) is 0.623. The van der Waals surface area contributed by atoms with Gasteiger partial charge in [-0.05, 0) is 62.5 Å². The normalized spacial score (nSPS) is 15.7. The Morgan fingerprint density at radius 1 is 1.03 bits per heavy atom. The second kappa shape index (κ2) is 8.92. The lowest BCUT2D eigenvalue weighted by atomic mass is 10.1. The first-order valence-electron chi connectivity index (χ1n) is 9.55. The van der Waals surface area contributed by atoms with Gasteiger partial charge in [0, 0.05) is 31.7 Å². The van der Waals surface area contributed by atoms with Crippen LogP contribution in [0.5, 0.6) is 0 Å². The summed E-state index contributed by atoms with van der Waals surface area (Å²) in [6.45, 7) is 2.05. The van der Waals surface area contributed by atoms with E-state index < -0.39 is 10.0 Å². The SMILES string of the molecule is CN(C)CCN(Cc1ccc(F)cc1)C(=O)c1ccc(N2CCCS2(=O)=O)cc1. The third kappa shape index (κ3) is 5.33. The van der Waals surface area contributed by atoms with Crippen LogP contribution in [-0.4, -0.2) is 63.6 Å². The maximum Gasteiger partial charge on any atom is 0.254 e. The molecule has 0 saturated carbocycles. The van der Waals surface area contributed by atoms with Gasteiger partial charge >= 0.3 is 0 Å². The fraction of sp³-hybridized carbons (Fsp3) is 0.381. The first-order chi connectivity index (χ1) is 13.8. The molecule has 29 heavy (non-hydrogen) atoms. The molecule has 1 heterocycles. The first kappa shape index (κ1) is 21.3. The van der Waals surface area contributed by atoms with Gasteiger partial charge in [0.1, 0.15) is 5.82 Å². The lowest BCUT2D eigenvalue weighted by Crippen LogP contribution is -2.36. The molecule has 0 N–H and O–H groups in total. The van der Waals surface area contributed by atoms with Crippen molar-refractivity contribution in [3.63, 3.8) is 0 Å². The van der Waals surface area contributed by atoms with Gasteiger partial charge in [-0.1, -0.05) is 12.1 Å². The van der Waals surface area contributed by atoms with E-state index in [9.17, 15) is 17.6 Å². The quantitative estimate of drug-likeness (QED) is 0.692. The molecule has 6 nitrogen and oxygen atoms in total. The average molecular weight is 420 g/mol. The smallest absolute Gasteiger partial charge is 0.254 e. The molecule has 2 aromatic rings. The number of hydrogen-bond donors (Lipinski definition) is 0. The predicted octanol–water partition coefficient (Wildman–Crippen LogP) is 2.57. The highest BCUT2D eigenvalue weighted by atomic mass is 32.2. The zero-order valence-corrected chi connectivity index (χ0v) is 17.5. The number of amides is 1. The number of carbonyl (C=O) groups excluding carboxylic acids is 1. The van der Waals surface area contributed by atoms with Gasteiger partial charge in [0.15, 0.2) is 0 Å². The van der Waals surface area contributed by atoms with Crippen molar-refractivity contribution in [2.24, 2.45) is 0 Å². The summed E-state index contributed by atoms with van der Waals surface area (Å²) < 4.78 is 38.8. The monoisotopic (exact) mass is 419 g/mol. The number of benzene rings is 2. The highest BCUT2D eigenvalue weighted by Crippen LogP contribution is 2.24. The Balaban J connectivity index is 1.78. The third-order valence-corrected chi connectivity index (χ3v) is 6.76. The molecule has 156 valence electrons. The standard InChI is InChI=1S/C21H26FN3O3S/c1-23(2)13-14-24(16-17-4-8-19(22)9-5-17)21(26)18-6-10-20(11-7-18)25-12-3-15-29(25,27)28/h4-11H,3,12-16H2,1-2H3. The molecule has 1 fully saturated rings. The van der Waals surface area contributed by atoms with E-state index in [0.717, 1.165) is 5.56 Å². The average Bonchev–Trinajstić information content (AvgIpc) is 3.05. The van der Waals surface area contributed by atoms with Crippen LogP contribution in [0.4, 0.5) is 10.1 Å². The van der Waals surface area contributed by atoms with Gasteiger partial charge in [-0.3, -0.25) is 9.10 Å². The Labute approximate surface area is 171 Å². The van der Waals surface area contributed by atoms with Crippen molar-refractivity contribution in [1.82, 2.24) is 9.80 Å². The Morgan fingerprint density at radius 3 is 2.24 bits per heavy atom. The Hall–Kier alpha value is -2.45. The molecule has 1 aliphatic rings. The minimum atomic E-state index is -3.25. The van der Waals surface area contributed by atoms with Crippen LogP contribution in [0.1, 0.15) is 22.3 Å². The van der Waals surface area contributed by atoms with Gasteiger partial charge in [-0.15, -0.1) is 0 Å². The van der Waals surface area contributed by atoms with Crippen molar-refractivity contribution in [3.8, 4) is 0 Å². The van der Waals surface area contributed by atoms with E-state index in [0.29, 0.717) is 43.9 Å². The molecule has 1 saturated heterocycles. The second-order valence-electron chi connectivity index (χ2n) is 7.45. The van der Waals surface area contributed by atoms with E-state index in [1.54, 1.807) is 41.3 Å². The summed E-state index contributed by atoms with van der Waals surface area (Å²) in [5, 5.41) is 0. The Bertz CT molecular complexity index is 944. The fourth-order valence-electron chi connectivity index (χ4n) is 3.27. The van der Waals surface area contributed by atoms with Crippen LogP contribution < -0.4 is 4.31 Å². The minimum absolute atomic E-state index is 0.146. The number of rotatable bonds is 7. The van der Waals surface area contributed by atoms with Crippen molar-refractivity contribution in [1.29, 1.82) is 0 Å². The molecule has 0 bridgehead atoms. The summed E-state index contributed by atoms with van der Waals surface area (Å²) in [5.74, 6) is -0.302. The molecule has 0 spiro atoms. The summed E-state index contributed by atoms with van der Waals surface area (Å²) in [6.07, 6.45) is 0.610. The van der Waals surface area contributed by atoms with Crippen LogP contribution in [0, 0.1) is 5.82 Å². The van der Waals surface area contributed by atoms with Crippen LogP contribution in [0.15, 0.2) is 48.5 Å². The second-order valence-corrected chi connectivity index (χ2v) is 9.46. The van der Waals surface area contributed by atoms with Crippen molar-refractivity contribution >= 4 is 21.6 Å². The highest BCUT2D eigenvalue weighted by molar-refractivity contribution is 7.93. The largest absolute Gasteiger partial charge is 0.333 e. The van der Waals surface area contributed by atoms with Crippen LogP contribution in [-0.2, 0) is 16.6 Å². The fourth-order valence-corrected chi connectivity index (χ4v) is 4.83. The number of sulfonamides is 1. The minimum Gasteiger partial charge on any atom is -0.333 e. The lowest BCUT2D eigenvalue weighted by Gasteiger charge is -2.25. The third-order valence-electron chi connectivity index (χ3n) is 4.89. The first-order valence-corrected chi connectivity index (χ1v) is 11.2. The lowest BCUT2D eigenvalue weighted by molar-refractivity contribution is 0.0732. The van der Waals surface area contributed by atoms with Crippen LogP contribution in [0.3, 0.4) is 0 Å². The van der Waals surface area contributed by atoms with Crippen molar-refractivity contribution in [2.45, 2.75) is 13.0 Å².